The van der Waals surface area contributed by atoms with Crippen molar-refractivity contribution in [3.8, 4) is 0 Å². The molecule has 2 aromatic rings. The molecule has 6 heteroatoms. The fourth-order valence-corrected chi connectivity index (χ4v) is 3.06. The van der Waals surface area contributed by atoms with E-state index in [1.807, 2.05) is 18.2 Å². The number of amides is 1. The van der Waals surface area contributed by atoms with Crippen LogP contribution in [0.3, 0.4) is 0 Å². The third-order valence-electron chi connectivity index (χ3n) is 3.34. The number of thiazole rings is 1. The average molecular weight is 338 g/mol. The second-order valence-electron chi connectivity index (χ2n) is 5.09. The van der Waals surface area contributed by atoms with Crippen LogP contribution < -0.4 is 11.1 Å². The van der Waals surface area contributed by atoms with E-state index in [4.69, 9.17) is 17.3 Å². The Morgan fingerprint density at radius 1 is 1.45 bits per heavy atom. The first-order valence-electron chi connectivity index (χ1n) is 7.34. The average Bonchev–Trinajstić information content (AvgIpc) is 3.01. The first kappa shape index (κ1) is 16.9. The molecule has 118 valence electrons. The van der Waals surface area contributed by atoms with Gasteiger partial charge in [0.1, 0.15) is 10.7 Å². The summed E-state index contributed by atoms with van der Waals surface area (Å²) in [5.74, 6) is -0.204. The number of carbonyl (C=O) groups excluding carboxylic acids is 1. The van der Waals surface area contributed by atoms with Crippen LogP contribution in [0.2, 0.25) is 5.02 Å². The van der Waals surface area contributed by atoms with Gasteiger partial charge >= 0.3 is 0 Å². The van der Waals surface area contributed by atoms with Gasteiger partial charge in [-0.15, -0.1) is 11.3 Å². The van der Waals surface area contributed by atoms with Crippen LogP contribution in [0, 0.1) is 0 Å². The SMILES string of the molecule is CCCCC(N)c1nc(C(=O)NCc2ccccc2Cl)cs1. The lowest BCUT2D eigenvalue weighted by molar-refractivity contribution is 0.0946. The largest absolute Gasteiger partial charge is 0.347 e. The van der Waals surface area contributed by atoms with Crippen LogP contribution >= 0.6 is 22.9 Å². The number of nitrogens with two attached hydrogens (primary N) is 1. The summed E-state index contributed by atoms with van der Waals surface area (Å²) in [4.78, 5) is 16.5. The van der Waals surface area contributed by atoms with Crippen LogP contribution in [0.1, 0.15) is 53.3 Å². The zero-order valence-electron chi connectivity index (χ0n) is 12.5. The molecule has 22 heavy (non-hydrogen) atoms. The smallest absolute Gasteiger partial charge is 0.271 e. The Bertz CT molecular complexity index is 629. The highest BCUT2D eigenvalue weighted by atomic mass is 35.5. The van der Waals surface area contributed by atoms with E-state index in [9.17, 15) is 4.79 Å². The zero-order chi connectivity index (χ0) is 15.9. The molecule has 0 spiro atoms. The number of hydrogen-bond donors (Lipinski definition) is 2. The summed E-state index contributed by atoms with van der Waals surface area (Å²) >= 11 is 7.50. The zero-order valence-corrected chi connectivity index (χ0v) is 14.1. The molecule has 0 bridgehead atoms. The Kier molecular flexibility index (Phi) is 6.36. The summed E-state index contributed by atoms with van der Waals surface area (Å²) in [5.41, 5.74) is 7.38. The van der Waals surface area contributed by atoms with Gasteiger partial charge < -0.3 is 11.1 Å². The number of halogens is 1. The van der Waals surface area contributed by atoms with Gasteiger partial charge in [-0.05, 0) is 18.1 Å². The molecule has 1 unspecified atom stereocenters. The van der Waals surface area contributed by atoms with Gasteiger partial charge in [0, 0.05) is 16.9 Å². The molecule has 0 aliphatic heterocycles. The van der Waals surface area contributed by atoms with Gasteiger partial charge in [-0.2, -0.15) is 0 Å². The number of nitrogens with zero attached hydrogens (tertiary/aromatic N) is 1. The van der Waals surface area contributed by atoms with Crippen LogP contribution in [-0.4, -0.2) is 10.9 Å². The van der Waals surface area contributed by atoms with Gasteiger partial charge in [-0.25, -0.2) is 4.98 Å². The summed E-state index contributed by atoms with van der Waals surface area (Å²) in [5, 5.41) is 6.04. The maximum Gasteiger partial charge on any atom is 0.271 e. The first-order chi connectivity index (χ1) is 10.6. The minimum atomic E-state index is -0.204. The van der Waals surface area contributed by atoms with Crippen molar-refractivity contribution < 1.29 is 4.79 Å². The maximum absolute atomic E-state index is 12.1. The summed E-state index contributed by atoms with van der Waals surface area (Å²) in [6, 6.07) is 7.35. The highest BCUT2D eigenvalue weighted by molar-refractivity contribution is 7.09. The molecule has 1 heterocycles. The summed E-state index contributed by atoms with van der Waals surface area (Å²) in [6.07, 6.45) is 3.06. The molecule has 0 aliphatic rings. The van der Waals surface area contributed by atoms with Gasteiger partial charge in [-0.3, -0.25) is 4.79 Å². The third kappa shape index (κ3) is 4.53. The van der Waals surface area contributed by atoms with Crippen molar-refractivity contribution in [2.75, 3.05) is 0 Å². The molecule has 1 aromatic heterocycles. The third-order valence-corrected chi connectivity index (χ3v) is 4.68. The van der Waals surface area contributed by atoms with Crippen molar-refractivity contribution in [3.63, 3.8) is 0 Å². The van der Waals surface area contributed by atoms with E-state index in [1.165, 1.54) is 11.3 Å². The normalized spacial score (nSPS) is 12.1. The molecule has 1 atom stereocenters. The molecule has 0 saturated carbocycles. The summed E-state index contributed by atoms with van der Waals surface area (Å²) in [7, 11) is 0. The molecular weight excluding hydrogens is 318 g/mol. The number of nitrogens with one attached hydrogen (secondary N) is 1. The number of rotatable bonds is 7. The Balaban J connectivity index is 1.93. The van der Waals surface area contributed by atoms with Crippen molar-refractivity contribution in [1.29, 1.82) is 0 Å². The van der Waals surface area contributed by atoms with Gasteiger partial charge in [0.15, 0.2) is 0 Å². The first-order valence-corrected chi connectivity index (χ1v) is 8.60. The molecule has 0 radical (unpaired) electrons. The van der Waals surface area contributed by atoms with Crippen molar-refractivity contribution in [3.05, 3.63) is 50.9 Å². The van der Waals surface area contributed by atoms with Gasteiger partial charge in [0.2, 0.25) is 0 Å². The van der Waals surface area contributed by atoms with E-state index in [0.717, 1.165) is 29.8 Å². The number of unbranched alkanes of at least 4 members (excludes halogenated alkanes) is 1. The van der Waals surface area contributed by atoms with E-state index < -0.39 is 0 Å². The van der Waals surface area contributed by atoms with Crippen molar-refractivity contribution in [2.24, 2.45) is 5.73 Å². The number of aromatic nitrogens is 1. The van der Waals surface area contributed by atoms with Gasteiger partial charge in [0.05, 0.1) is 6.04 Å². The monoisotopic (exact) mass is 337 g/mol. The Labute approximate surface area is 139 Å². The summed E-state index contributed by atoms with van der Waals surface area (Å²) in [6.45, 7) is 2.51. The molecular formula is C16H20ClN3OS. The standard InChI is InChI=1S/C16H20ClN3OS/c1-2-3-8-13(18)16-20-14(10-22-16)15(21)19-9-11-6-4-5-7-12(11)17/h4-7,10,13H,2-3,8-9,18H2,1H3,(H,19,21). The predicted octanol–water partition coefficient (Wildman–Crippen LogP) is 3.92. The van der Waals surface area contributed by atoms with E-state index >= 15 is 0 Å². The van der Waals surface area contributed by atoms with Crippen molar-refractivity contribution in [1.82, 2.24) is 10.3 Å². The topological polar surface area (TPSA) is 68.0 Å². The molecule has 1 aromatic carbocycles. The quantitative estimate of drug-likeness (QED) is 0.804. The minimum absolute atomic E-state index is 0.0879. The fraction of sp³-hybridized carbons (Fsp3) is 0.375. The lowest BCUT2D eigenvalue weighted by atomic mass is 10.1. The van der Waals surface area contributed by atoms with Crippen LogP contribution in [0.15, 0.2) is 29.6 Å². The number of carbonyl (C=O) groups is 1. The number of hydrogen-bond acceptors (Lipinski definition) is 4. The predicted molar refractivity (Wildman–Crippen MR) is 91.2 cm³/mol. The second-order valence-corrected chi connectivity index (χ2v) is 6.39. The van der Waals surface area contributed by atoms with E-state index in [2.05, 4.69) is 17.2 Å². The lowest BCUT2D eigenvalue weighted by Crippen LogP contribution is -2.23. The molecule has 0 saturated heterocycles. The lowest BCUT2D eigenvalue weighted by Gasteiger charge is -2.07. The van der Waals surface area contributed by atoms with Crippen LogP contribution in [0.5, 0.6) is 0 Å². The molecule has 0 fully saturated rings. The molecule has 3 N–H and O–H groups in total. The van der Waals surface area contributed by atoms with E-state index in [1.54, 1.807) is 11.4 Å². The minimum Gasteiger partial charge on any atom is -0.347 e. The molecule has 4 nitrogen and oxygen atoms in total. The van der Waals surface area contributed by atoms with E-state index in [0.29, 0.717) is 17.3 Å². The fourth-order valence-electron chi connectivity index (χ4n) is 2.02. The van der Waals surface area contributed by atoms with Crippen molar-refractivity contribution in [2.45, 2.75) is 38.8 Å². The maximum atomic E-state index is 12.1. The second kappa shape index (κ2) is 8.27. The Hall–Kier alpha value is -1.43. The number of benzene rings is 1. The molecule has 0 aliphatic carbocycles. The summed E-state index contributed by atoms with van der Waals surface area (Å²) < 4.78 is 0. The van der Waals surface area contributed by atoms with Crippen LogP contribution in [0.25, 0.3) is 0 Å². The van der Waals surface area contributed by atoms with Crippen molar-refractivity contribution >= 4 is 28.8 Å². The Morgan fingerprint density at radius 3 is 2.95 bits per heavy atom. The highest BCUT2D eigenvalue weighted by Gasteiger charge is 2.15. The van der Waals surface area contributed by atoms with E-state index in [-0.39, 0.29) is 11.9 Å². The van der Waals surface area contributed by atoms with Gasteiger partial charge in [0.25, 0.3) is 5.91 Å². The molecule has 2 rings (SSSR count). The van der Waals surface area contributed by atoms with Crippen LogP contribution in [-0.2, 0) is 6.54 Å². The molecule has 1 amide bonds. The Morgan fingerprint density at radius 2 is 2.23 bits per heavy atom. The highest BCUT2D eigenvalue weighted by Crippen LogP contribution is 2.21. The van der Waals surface area contributed by atoms with Gasteiger partial charge in [-0.1, -0.05) is 49.6 Å². The van der Waals surface area contributed by atoms with Crippen LogP contribution in [0.4, 0.5) is 0 Å².